The zero-order valence-electron chi connectivity index (χ0n) is 8.82. The maximum atomic E-state index is 13.0. The zero-order chi connectivity index (χ0) is 13.3. The molecule has 18 heavy (non-hydrogen) atoms. The highest BCUT2D eigenvalue weighted by Crippen LogP contribution is 2.17. The molecule has 0 aliphatic heterocycles. The van der Waals surface area contributed by atoms with Crippen LogP contribution in [0.15, 0.2) is 29.0 Å². The molecular weight excluding hydrogens is 308 g/mol. The van der Waals surface area contributed by atoms with Gasteiger partial charge in [0.1, 0.15) is 16.2 Å². The summed E-state index contributed by atoms with van der Waals surface area (Å²) in [5.74, 6) is -2.49. The lowest BCUT2D eigenvalue weighted by Gasteiger charge is -2.04. The van der Waals surface area contributed by atoms with Crippen molar-refractivity contribution in [3.63, 3.8) is 0 Å². The Morgan fingerprint density at radius 3 is 2.44 bits per heavy atom. The van der Waals surface area contributed by atoms with Crippen molar-refractivity contribution in [1.82, 2.24) is 9.97 Å². The molecule has 0 aliphatic rings. The number of carbonyl (C=O) groups is 1. The number of aromatic nitrogens is 2. The van der Waals surface area contributed by atoms with E-state index in [0.29, 0.717) is 10.7 Å². The highest BCUT2D eigenvalue weighted by atomic mass is 79.9. The Kier molecular flexibility index (Phi) is 3.33. The number of halogens is 3. The monoisotopic (exact) mass is 313 g/mol. The fourth-order valence-corrected chi connectivity index (χ4v) is 1.65. The lowest BCUT2D eigenvalue weighted by Crippen LogP contribution is -2.10. The minimum absolute atomic E-state index is 0.104. The average Bonchev–Trinajstić information content (AvgIpc) is 2.30. The van der Waals surface area contributed by atoms with Gasteiger partial charge in [0, 0.05) is 11.6 Å². The topological polar surface area (TPSA) is 68.9 Å². The number of benzene rings is 1. The minimum atomic E-state index is -0.847. The highest BCUT2D eigenvalue weighted by molar-refractivity contribution is 9.10. The van der Waals surface area contributed by atoms with E-state index in [2.05, 4.69) is 25.9 Å². The maximum Gasteiger partial charge on any atom is 0.215 e. The molecule has 0 saturated heterocycles. The average molecular weight is 314 g/mol. The second-order valence-corrected chi connectivity index (χ2v) is 4.23. The first-order valence-corrected chi connectivity index (χ1v) is 5.55. The molecule has 92 valence electrons. The van der Waals surface area contributed by atoms with Crippen LogP contribution in [0, 0.1) is 11.6 Å². The predicted octanol–water partition coefficient (Wildman–Crippen LogP) is 2.33. The van der Waals surface area contributed by atoms with Crippen LogP contribution in [0.2, 0.25) is 0 Å². The third-order valence-electron chi connectivity index (χ3n) is 2.11. The van der Waals surface area contributed by atoms with Crippen LogP contribution < -0.4 is 5.73 Å². The number of rotatable bonds is 2. The van der Waals surface area contributed by atoms with Crippen LogP contribution in [0.5, 0.6) is 0 Å². The molecule has 0 radical (unpaired) electrons. The van der Waals surface area contributed by atoms with Crippen LogP contribution in [0.25, 0.3) is 0 Å². The Morgan fingerprint density at radius 2 is 1.83 bits per heavy atom. The molecule has 2 aromatic rings. The van der Waals surface area contributed by atoms with Crippen LogP contribution in [0.1, 0.15) is 16.1 Å². The van der Waals surface area contributed by atoms with Crippen molar-refractivity contribution in [1.29, 1.82) is 0 Å². The van der Waals surface area contributed by atoms with E-state index in [9.17, 15) is 13.6 Å². The van der Waals surface area contributed by atoms with E-state index in [-0.39, 0.29) is 17.1 Å². The molecule has 2 rings (SSSR count). The predicted molar refractivity (Wildman–Crippen MR) is 63.9 cm³/mol. The van der Waals surface area contributed by atoms with Gasteiger partial charge in [-0.1, -0.05) is 0 Å². The summed E-state index contributed by atoms with van der Waals surface area (Å²) in [6.07, 6.45) is 1.32. The summed E-state index contributed by atoms with van der Waals surface area (Å²) in [5.41, 5.74) is 5.17. The van der Waals surface area contributed by atoms with Crippen LogP contribution in [-0.2, 0) is 0 Å². The summed E-state index contributed by atoms with van der Waals surface area (Å²) in [6, 6.07) is 2.49. The molecule has 0 aliphatic carbocycles. The van der Waals surface area contributed by atoms with Crippen molar-refractivity contribution in [3.05, 3.63) is 51.9 Å². The second-order valence-electron chi connectivity index (χ2n) is 3.41. The first-order valence-electron chi connectivity index (χ1n) is 4.76. The summed E-state index contributed by atoms with van der Waals surface area (Å²) in [5, 5.41) is 0. The molecule has 0 fully saturated rings. The van der Waals surface area contributed by atoms with Gasteiger partial charge >= 0.3 is 0 Å². The van der Waals surface area contributed by atoms with Crippen LogP contribution in [-0.4, -0.2) is 15.8 Å². The number of hydrogen-bond donors (Lipinski definition) is 1. The van der Waals surface area contributed by atoms with Gasteiger partial charge in [0.25, 0.3) is 0 Å². The Labute approximate surface area is 109 Å². The van der Waals surface area contributed by atoms with Gasteiger partial charge in [-0.3, -0.25) is 4.79 Å². The number of nitrogens with two attached hydrogens (primary N) is 1. The SMILES string of the molecule is Nc1ncc(Br)nc1C(=O)c1cc(F)cc(F)c1. The van der Waals surface area contributed by atoms with Crippen molar-refractivity contribution in [3.8, 4) is 0 Å². The number of carbonyl (C=O) groups excluding carboxylic acids is 1. The molecule has 0 saturated carbocycles. The Balaban J connectivity index is 2.51. The molecule has 1 aromatic carbocycles. The van der Waals surface area contributed by atoms with E-state index in [1.54, 1.807) is 0 Å². The molecule has 7 heteroatoms. The van der Waals surface area contributed by atoms with Gasteiger partial charge in [-0.2, -0.15) is 0 Å². The number of nitrogens with zero attached hydrogens (tertiary/aromatic N) is 2. The van der Waals surface area contributed by atoms with E-state index in [1.165, 1.54) is 6.20 Å². The molecule has 0 spiro atoms. The van der Waals surface area contributed by atoms with Crippen molar-refractivity contribution >= 4 is 27.5 Å². The molecule has 1 aromatic heterocycles. The van der Waals surface area contributed by atoms with Gasteiger partial charge in [-0.15, -0.1) is 0 Å². The molecule has 0 atom stereocenters. The quantitative estimate of drug-likeness (QED) is 0.864. The zero-order valence-corrected chi connectivity index (χ0v) is 10.4. The molecule has 1 heterocycles. The van der Waals surface area contributed by atoms with Crippen LogP contribution >= 0.6 is 15.9 Å². The number of hydrogen-bond acceptors (Lipinski definition) is 4. The summed E-state index contributed by atoms with van der Waals surface area (Å²) >= 11 is 3.04. The fourth-order valence-electron chi connectivity index (χ4n) is 1.37. The number of anilines is 1. The second kappa shape index (κ2) is 4.77. The number of ketones is 1. The van der Waals surface area contributed by atoms with E-state index in [0.717, 1.165) is 12.1 Å². The van der Waals surface area contributed by atoms with Crippen molar-refractivity contribution in [2.75, 3.05) is 5.73 Å². The normalized spacial score (nSPS) is 10.4. The van der Waals surface area contributed by atoms with Gasteiger partial charge < -0.3 is 5.73 Å². The molecular formula is C11H6BrF2N3O. The van der Waals surface area contributed by atoms with Gasteiger partial charge in [0.15, 0.2) is 11.5 Å². The summed E-state index contributed by atoms with van der Waals surface area (Å²) in [4.78, 5) is 19.6. The molecule has 4 nitrogen and oxygen atoms in total. The smallest absolute Gasteiger partial charge is 0.215 e. The van der Waals surface area contributed by atoms with Crippen LogP contribution in [0.4, 0.5) is 14.6 Å². The van der Waals surface area contributed by atoms with Crippen molar-refractivity contribution < 1.29 is 13.6 Å². The Bertz CT molecular complexity index is 613. The lowest BCUT2D eigenvalue weighted by atomic mass is 10.1. The van der Waals surface area contributed by atoms with Gasteiger partial charge in [0.2, 0.25) is 5.78 Å². The third kappa shape index (κ3) is 2.51. The largest absolute Gasteiger partial charge is 0.382 e. The summed E-state index contributed by atoms with van der Waals surface area (Å²) in [6.45, 7) is 0. The Morgan fingerprint density at radius 1 is 1.22 bits per heavy atom. The minimum Gasteiger partial charge on any atom is -0.382 e. The van der Waals surface area contributed by atoms with E-state index >= 15 is 0 Å². The molecule has 0 amide bonds. The van der Waals surface area contributed by atoms with Crippen LogP contribution in [0.3, 0.4) is 0 Å². The molecule has 2 N–H and O–H groups in total. The number of nitrogen functional groups attached to an aromatic ring is 1. The van der Waals surface area contributed by atoms with Gasteiger partial charge in [-0.05, 0) is 28.1 Å². The van der Waals surface area contributed by atoms with E-state index in [1.807, 2.05) is 0 Å². The first kappa shape index (κ1) is 12.6. The maximum absolute atomic E-state index is 13.0. The Hall–Kier alpha value is -1.89. The van der Waals surface area contributed by atoms with E-state index in [4.69, 9.17) is 5.73 Å². The lowest BCUT2D eigenvalue weighted by molar-refractivity contribution is 0.103. The molecule has 0 unspecified atom stereocenters. The van der Waals surface area contributed by atoms with Gasteiger partial charge in [-0.25, -0.2) is 18.7 Å². The highest BCUT2D eigenvalue weighted by Gasteiger charge is 2.17. The summed E-state index contributed by atoms with van der Waals surface area (Å²) in [7, 11) is 0. The first-order chi connectivity index (χ1) is 8.47. The van der Waals surface area contributed by atoms with E-state index < -0.39 is 17.4 Å². The van der Waals surface area contributed by atoms with Crippen molar-refractivity contribution in [2.45, 2.75) is 0 Å². The fraction of sp³-hybridized carbons (Fsp3) is 0. The van der Waals surface area contributed by atoms with Gasteiger partial charge in [0.05, 0.1) is 6.20 Å². The molecule has 0 bridgehead atoms. The van der Waals surface area contributed by atoms with Crippen molar-refractivity contribution in [2.24, 2.45) is 0 Å². The third-order valence-corrected chi connectivity index (χ3v) is 2.49. The summed E-state index contributed by atoms with van der Waals surface area (Å²) < 4.78 is 26.3. The standard InChI is InChI=1S/C11H6BrF2N3O/c12-8-4-16-11(15)9(17-8)10(18)5-1-6(13)3-7(14)2-5/h1-4H,(H2,15,16).